The number of halogens is 1. The summed E-state index contributed by atoms with van der Waals surface area (Å²) in [7, 11) is 3.17. The second-order valence-electron chi connectivity index (χ2n) is 4.18. The van der Waals surface area contributed by atoms with Crippen LogP contribution < -0.4 is 4.74 Å². The van der Waals surface area contributed by atoms with Crippen LogP contribution in [0.4, 0.5) is 0 Å². The van der Waals surface area contributed by atoms with E-state index in [1.54, 1.807) is 6.07 Å². The van der Waals surface area contributed by atoms with Crippen molar-refractivity contribution in [3.8, 4) is 5.75 Å². The van der Waals surface area contributed by atoms with Gasteiger partial charge in [0.1, 0.15) is 10.6 Å². The first-order valence-electron chi connectivity index (χ1n) is 6.17. The zero-order valence-electron chi connectivity index (χ0n) is 11.3. The molecule has 0 unspecified atom stereocenters. The molecule has 0 fully saturated rings. The molecular weight excluding hydrogens is 302 g/mol. The lowest BCUT2D eigenvalue weighted by molar-refractivity contribution is 0.140. The molecule has 0 N–H and O–H groups in total. The van der Waals surface area contributed by atoms with Crippen LogP contribution >= 0.6 is 10.7 Å². The third-order valence-corrected chi connectivity index (χ3v) is 4.33. The Morgan fingerprint density at radius 1 is 1.35 bits per heavy atom. The fourth-order valence-corrected chi connectivity index (χ4v) is 3.18. The molecule has 0 saturated heterocycles. The number of benzene rings is 1. The van der Waals surface area contributed by atoms with Gasteiger partial charge in [0, 0.05) is 30.0 Å². The maximum Gasteiger partial charge on any atom is 0.263 e. The van der Waals surface area contributed by atoms with Gasteiger partial charge >= 0.3 is 0 Å². The first kappa shape index (κ1) is 15.2. The van der Waals surface area contributed by atoms with E-state index in [0.29, 0.717) is 30.9 Å². The number of hydrogen-bond donors (Lipinski definition) is 0. The fourth-order valence-electron chi connectivity index (χ4n) is 2.13. The van der Waals surface area contributed by atoms with E-state index in [1.165, 1.54) is 13.3 Å². The molecule has 1 aromatic carbocycles. The Labute approximate surface area is 122 Å². The van der Waals surface area contributed by atoms with Crippen molar-refractivity contribution in [2.24, 2.45) is 0 Å². The summed E-state index contributed by atoms with van der Waals surface area (Å²) in [6.45, 7) is 3.57. The van der Waals surface area contributed by atoms with Gasteiger partial charge in [-0.15, -0.1) is 0 Å². The number of methoxy groups -OCH3 is 1. The van der Waals surface area contributed by atoms with E-state index in [2.05, 4.69) is 0 Å². The summed E-state index contributed by atoms with van der Waals surface area (Å²) in [5, 5.41) is 0.501. The highest BCUT2D eigenvalue weighted by atomic mass is 35.7. The lowest BCUT2D eigenvalue weighted by Crippen LogP contribution is -2.04. The zero-order valence-corrected chi connectivity index (χ0v) is 12.9. The van der Waals surface area contributed by atoms with Crippen molar-refractivity contribution < 1.29 is 17.9 Å². The Kier molecular flexibility index (Phi) is 4.57. The summed E-state index contributed by atoms with van der Waals surface area (Å²) in [6.07, 6.45) is 1.52. The average Bonchev–Trinajstić information content (AvgIpc) is 2.78. The molecule has 0 saturated carbocycles. The molecule has 0 radical (unpaired) electrons. The highest BCUT2D eigenvalue weighted by Gasteiger charge is 2.21. The number of hydrogen-bond acceptors (Lipinski definition) is 4. The van der Waals surface area contributed by atoms with Gasteiger partial charge in [-0.2, -0.15) is 0 Å². The molecule has 1 heterocycles. The van der Waals surface area contributed by atoms with Crippen molar-refractivity contribution in [1.29, 1.82) is 0 Å². The second kappa shape index (κ2) is 6.03. The smallest absolute Gasteiger partial charge is 0.263 e. The Morgan fingerprint density at radius 2 is 2.10 bits per heavy atom. The van der Waals surface area contributed by atoms with E-state index in [0.717, 1.165) is 5.52 Å². The van der Waals surface area contributed by atoms with Gasteiger partial charge in [-0.1, -0.05) is 6.07 Å². The maximum atomic E-state index is 11.7. The molecule has 0 amide bonds. The van der Waals surface area contributed by atoms with Crippen molar-refractivity contribution in [2.75, 3.05) is 20.3 Å². The molecule has 0 aliphatic heterocycles. The summed E-state index contributed by atoms with van der Waals surface area (Å²) >= 11 is 0. The van der Waals surface area contributed by atoms with Gasteiger partial charge in [0.25, 0.3) is 9.05 Å². The molecule has 20 heavy (non-hydrogen) atoms. The van der Waals surface area contributed by atoms with Crippen molar-refractivity contribution in [2.45, 2.75) is 18.4 Å². The third kappa shape index (κ3) is 2.92. The minimum Gasteiger partial charge on any atom is -0.496 e. The summed E-state index contributed by atoms with van der Waals surface area (Å²) < 4.78 is 35.8. The van der Waals surface area contributed by atoms with Gasteiger partial charge in [-0.3, -0.25) is 0 Å². The first-order chi connectivity index (χ1) is 9.49. The van der Waals surface area contributed by atoms with Crippen LogP contribution in [0.1, 0.15) is 6.92 Å². The first-order valence-corrected chi connectivity index (χ1v) is 8.48. The molecule has 5 nitrogen and oxygen atoms in total. The largest absolute Gasteiger partial charge is 0.496 e. The standard InChI is InChI=1S/C13H16ClNO4S/c1-3-19-8-7-15-9-12(20(14,16)17)13-10(15)5-4-6-11(13)18-2/h4-6,9H,3,7-8H2,1-2H3. The minimum atomic E-state index is -3.84. The van der Waals surface area contributed by atoms with Crippen LogP contribution in [-0.2, 0) is 20.3 Å². The molecule has 0 aliphatic rings. The molecule has 7 heteroatoms. The average molecular weight is 318 g/mol. The molecule has 2 rings (SSSR count). The Hall–Kier alpha value is -1.24. The molecule has 0 aliphatic carbocycles. The summed E-state index contributed by atoms with van der Waals surface area (Å²) in [5.74, 6) is 0.483. The lowest BCUT2D eigenvalue weighted by atomic mass is 10.2. The van der Waals surface area contributed by atoms with E-state index in [1.807, 2.05) is 23.6 Å². The van der Waals surface area contributed by atoms with Gasteiger partial charge in [0.2, 0.25) is 0 Å². The van der Waals surface area contributed by atoms with Crippen LogP contribution in [-0.4, -0.2) is 33.3 Å². The van der Waals surface area contributed by atoms with E-state index in [-0.39, 0.29) is 4.90 Å². The number of aromatic nitrogens is 1. The molecule has 1 aromatic heterocycles. The number of rotatable bonds is 6. The maximum absolute atomic E-state index is 11.7. The van der Waals surface area contributed by atoms with Crippen LogP contribution in [0, 0.1) is 0 Å². The Balaban J connectivity index is 2.61. The Morgan fingerprint density at radius 3 is 2.70 bits per heavy atom. The van der Waals surface area contributed by atoms with Crippen LogP contribution in [0.2, 0.25) is 0 Å². The monoisotopic (exact) mass is 317 g/mol. The predicted octanol–water partition coefficient (Wildman–Crippen LogP) is 2.61. The molecule has 0 bridgehead atoms. The molecule has 110 valence electrons. The van der Waals surface area contributed by atoms with Crippen molar-refractivity contribution in [3.63, 3.8) is 0 Å². The van der Waals surface area contributed by atoms with E-state index in [4.69, 9.17) is 20.2 Å². The van der Waals surface area contributed by atoms with Gasteiger partial charge in [-0.25, -0.2) is 8.42 Å². The quantitative estimate of drug-likeness (QED) is 0.607. The second-order valence-corrected chi connectivity index (χ2v) is 6.71. The number of ether oxygens (including phenoxy) is 2. The number of nitrogens with zero attached hydrogens (tertiary/aromatic N) is 1. The van der Waals surface area contributed by atoms with Gasteiger partial charge in [0.05, 0.1) is 24.6 Å². The van der Waals surface area contributed by atoms with Gasteiger partial charge < -0.3 is 14.0 Å². The fraction of sp³-hybridized carbons (Fsp3) is 0.385. The minimum absolute atomic E-state index is 0.0584. The van der Waals surface area contributed by atoms with Crippen molar-refractivity contribution in [1.82, 2.24) is 4.57 Å². The normalized spacial score (nSPS) is 11.9. The predicted molar refractivity (Wildman–Crippen MR) is 78.0 cm³/mol. The number of fused-ring (bicyclic) bond motifs is 1. The topological polar surface area (TPSA) is 57.5 Å². The zero-order chi connectivity index (χ0) is 14.8. The van der Waals surface area contributed by atoms with Crippen molar-refractivity contribution in [3.05, 3.63) is 24.4 Å². The van der Waals surface area contributed by atoms with Crippen LogP contribution in [0.25, 0.3) is 10.9 Å². The Bertz CT molecular complexity index is 708. The van der Waals surface area contributed by atoms with Crippen molar-refractivity contribution >= 4 is 30.6 Å². The summed E-state index contributed by atoms with van der Waals surface area (Å²) in [5.41, 5.74) is 0.753. The van der Waals surface area contributed by atoms with Gasteiger partial charge in [-0.05, 0) is 19.1 Å². The SMILES string of the molecule is CCOCCn1cc(S(=O)(=O)Cl)c2c(OC)cccc21. The molecule has 2 aromatic rings. The van der Waals surface area contributed by atoms with Crippen LogP contribution in [0.15, 0.2) is 29.3 Å². The summed E-state index contributed by atoms with van der Waals surface area (Å²) in [6, 6.07) is 5.35. The third-order valence-electron chi connectivity index (χ3n) is 3.00. The van der Waals surface area contributed by atoms with Crippen LogP contribution in [0.5, 0.6) is 5.75 Å². The van der Waals surface area contributed by atoms with E-state index < -0.39 is 9.05 Å². The molecule has 0 spiro atoms. The molecular formula is C13H16ClNO4S. The van der Waals surface area contributed by atoms with Gasteiger partial charge in [0.15, 0.2) is 0 Å². The lowest BCUT2D eigenvalue weighted by Gasteiger charge is -2.06. The van der Waals surface area contributed by atoms with E-state index >= 15 is 0 Å². The van der Waals surface area contributed by atoms with Crippen LogP contribution in [0.3, 0.4) is 0 Å². The highest BCUT2D eigenvalue weighted by molar-refractivity contribution is 8.14. The summed E-state index contributed by atoms with van der Waals surface area (Å²) in [4.78, 5) is 0.0584. The van der Waals surface area contributed by atoms with E-state index in [9.17, 15) is 8.42 Å². The molecule has 0 atom stereocenters. The highest BCUT2D eigenvalue weighted by Crippen LogP contribution is 2.34.